The van der Waals surface area contributed by atoms with Crippen LogP contribution in [0.2, 0.25) is 0 Å². The molecule has 0 saturated heterocycles. The lowest BCUT2D eigenvalue weighted by Crippen LogP contribution is -2.39. The van der Waals surface area contributed by atoms with Crippen molar-refractivity contribution in [1.82, 2.24) is 0 Å². The first kappa shape index (κ1) is 16.2. The zero-order valence-electron chi connectivity index (χ0n) is 14.8. The molecule has 2 aromatic heterocycles. The highest BCUT2D eigenvalue weighted by molar-refractivity contribution is 5.56. The van der Waals surface area contributed by atoms with Gasteiger partial charge in [0, 0.05) is 18.3 Å². The van der Waals surface area contributed by atoms with E-state index in [1.165, 1.54) is 0 Å². The Hall–Kier alpha value is -3.04. The van der Waals surface area contributed by atoms with Gasteiger partial charge in [-0.3, -0.25) is 0 Å². The summed E-state index contributed by atoms with van der Waals surface area (Å²) in [6.07, 6.45) is 4.19. The molecule has 4 aromatic rings. The van der Waals surface area contributed by atoms with Crippen LogP contribution in [0.1, 0.15) is 39.9 Å². The molecule has 5 rings (SSSR count). The maximum atomic E-state index is 11.1. The van der Waals surface area contributed by atoms with Crippen molar-refractivity contribution >= 4 is 0 Å². The van der Waals surface area contributed by atoms with Crippen LogP contribution in [0.5, 0.6) is 0 Å². The van der Waals surface area contributed by atoms with E-state index in [2.05, 4.69) is 12.1 Å². The molecule has 2 aromatic carbocycles. The number of benzene rings is 2. The van der Waals surface area contributed by atoms with Crippen molar-refractivity contribution in [3.8, 4) is 0 Å². The maximum Gasteiger partial charge on any atom is 0.105 e. The van der Waals surface area contributed by atoms with Crippen LogP contribution in [0.15, 0.2) is 94.2 Å². The quantitative estimate of drug-likeness (QED) is 0.557. The summed E-state index contributed by atoms with van der Waals surface area (Å²) in [5, 5.41) is 11.1. The van der Waals surface area contributed by atoms with Gasteiger partial charge in [0.1, 0.15) is 17.6 Å². The SMILES string of the molecule is OC1c2ccccc2C(Cc2ccco2)(Cc2ccco2)c2ccccc21. The van der Waals surface area contributed by atoms with E-state index in [0.717, 1.165) is 33.8 Å². The molecule has 134 valence electrons. The predicted octanol–water partition coefficient (Wildman–Crippen LogP) is 5.04. The summed E-state index contributed by atoms with van der Waals surface area (Å²) in [6, 6.07) is 24.2. The minimum absolute atomic E-state index is 0.373. The van der Waals surface area contributed by atoms with Gasteiger partial charge in [0.25, 0.3) is 0 Å². The molecule has 0 spiro atoms. The molecule has 0 atom stereocenters. The fraction of sp³-hybridized carbons (Fsp3) is 0.167. The molecule has 0 amide bonds. The molecule has 1 aliphatic carbocycles. The number of fused-ring (bicyclic) bond motifs is 2. The Morgan fingerprint density at radius 2 is 1.15 bits per heavy atom. The number of rotatable bonds is 4. The topological polar surface area (TPSA) is 46.5 Å². The van der Waals surface area contributed by atoms with Gasteiger partial charge in [0.2, 0.25) is 0 Å². The fourth-order valence-corrected chi connectivity index (χ4v) is 4.52. The van der Waals surface area contributed by atoms with Crippen LogP contribution >= 0.6 is 0 Å². The molecule has 0 bridgehead atoms. The van der Waals surface area contributed by atoms with Crippen LogP contribution in [0.25, 0.3) is 0 Å². The minimum Gasteiger partial charge on any atom is -0.469 e. The molecule has 0 radical (unpaired) electrons. The summed E-state index contributed by atoms with van der Waals surface area (Å²) in [5.41, 5.74) is 3.79. The van der Waals surface area contributed by atoms with Crippen LogP contribution < -0.4 is 0 Å². The smallest absolute Gasteiger partial charge is 0.105 e. The second-order valence-electron chi connectivity index (χ2n) is 7.17. The van der Waals surface area contributed by atoms with E-state index >= 15 is 0 Å². The average Bonchev–Trinajstić information content (AvgIpc) is 3.40. The van der Waals surface area contributed by atoms with Crippen molar-refractivity contribution in [2.45, 2.75) is 24.4 Å². The van der Waals surface area contributed by atoms with Gasteiger partial charge in [0.05, 0.1) is 12.5 Å². The van der Waals surface area contributed by atoms with Gasteiger partial charge in [-0.1, -0.05) is 48.5 Å². The summed E-state index contributed by atoms with van der Waals surface area (Å²) in [5.74, 6) is 1.84. The highest BCUT2D eigenvalue weighted by Gasteiger charge is 2.44. The first-order chi connectivity index (χ1) is 13.3. The maximum absolute atomic E-state index is 11.1. The molecular weight excluding hydrogens is 336 g/mol. The number of hydrogen-bond acceptors (Lipinski definition) is 3. The van der Waals surface area contributed by atoms with Gasteiger partial charge in [-0.05, 0) is 46.5 Å². The van der Waals surface area contributed by atoms with E-state index < -0.39 is 6.10 Å². The number of hydrogen-bond donors (Lipinski definition) is 1. The van der Waals surface area contributed by atoms with Crippen LogP contribution in [-0.2, 0) is 18.3 Å². The van der Waals surface area contributed by atoms with Crippen LogP contribution in [0.3, 0.4) is 0 Å². The van der Waals surface area contributed by atoms with Gasteiger partial charge in [0.15, 0.2) is 0 Å². The second kappa shape index (κ2) is 6.29. The lowest BCUT2D eigenvalue weighted by molar-refractivity contribution is 0.205. The number of furan rings is 2. The van der Waals surface area contributed by atoms with Crippen molar-refractivity contribution in [2.75, 3.05) is 0 Å². The van der Waals surface area contributed by atoms with Gasteiger partial charge < -0.3 is 13.9 Å². The summed E-state index contributed by atoms with van der Waals surface area (Å²) in [4.78, 5) is 0. The zero-order valence-corrected chi connectivity index (χ0v) is 14.8. The summed E-state index contributed by atoms with van der Waals surface area (Å²) >= 11 is 0. The molecule has 0 saturated carbocycles. The third kappa shape index (κ3) is 2.54. The van der Waals surface area contributed by atoms with E-state index in [1.54, 1.807) is 12.5 Å². The Morgan fingerprint density at radius 3 is 1.59 bits per heavy atom. The van der Waals surface area contributed by atoms with E-state index in [1.807, 2.05) is 60.7 Å². The standard InChI is InChI=1S/C24H20O3/c25-23-19-9-1-3-11-21(19)24(15-17-7-5-13-26-17,16-18-8-6-14-27-18)22-12-4-2-10-20(22)23/h1-14,23,25H,15-16H2. The summed E-state index contributed by atoms with van der Waals surface area (Å²) in [7, 11) is 0. The summed E-state index contributed by atoms with van der Waals surface area (Å²) < 4.78 is 11.5. The molecule has 0 unspecified atom stereocenters. The molecule has 3 nitrogen and oxygen atoms in total. The van der Waals surface area contributed by atoms with Crippen molar-refractivity contribution in [2.24, 2.45) is 0 Å². The van der Waals surface area contributed by atoms with Crippen LogP contribution in [0.4, 0.5) is 0 Å². The third-order valence-electron chi connectivity index (χ3n) is 5.65. The van der Waals surface area contributed by atoms with Crippen molar-refractivity contribution in [1.29, 1.82) is 0 Å². The summed E-state index contributed by atoms with van der Waals surface area (Å²) in [6.45, 7) is 0. The third-order valence-corrected chi connectivity index (χ3v) is 5.65. The Bertz CT molecular complexity index is 959. The molecule has 1 aliphatic rings. The molecule has 2 heterocycles. The Morgan fingerprint density at radius 1 is 0.667 bits per heavy atom. The van der Waals surface area contributed by atoms with E-state index in [9.17, 15) is 5.11 Å². The van der Waals surface area contributed by atoms with E-state index in [-0.39, 0.29) is 5.41 Å². The van der Waals surface area contributed by atoms with Crippen molar-refractivity contribution in [3.05, 3.63) is 119 Å². The highest BCUT2D eigenvalue weighted by Crippen LogP contribution is 2.49. The molecule has 1 N–H and O–H groups in total. The Balaban J connectivity index is 1.79. The Kier molecular flexibility index (Phi) is 3.76. The molecule has 0 aliphatic heterocycles. The monoisotopic (exact) mass is 356 g/mol. The second-order valence-corrected chi connectivity index (χ2v) is 7.17. The van der Waals surface area contributed by atoms with Gasteiger partial charge in [-0.2, -0.15) is 0 Å². The lowest BCUT2D eigenvalue weighted by Gasteiger charge is -2.42. The number of aliphatic hydroxyl groups excluding tert-OH is 1. The number of aliphatic hydroxyl groups is 1. The van der Waals surface area contributed by atoms with Gasteiger partial charge in [-0.25, -0.2) is 0 Å². The average molecular weight is 356 g/mol. The van der Waals surface area contributed by atoms with Crippen LogP contribution in [0, 0.1) is 0 Å². The Labute approximate surface area is 157 Å². The molecule has 27 heavy (non-hydrogen) atoms. The first-order valence-electron chi connectivity index (χ1n) is 9.19. The molecule has 0 fully saturated rings. The largest absolute Gasteiger partial charge is 0.469 e. The zero-order chi connectivity index (χ0) is 18.3. The van der Waals surface area contributed by atoms with Crippen molar-refractivity contribution in [3.63, 3.8) is 0 Å². The normalized spacial score (nSPS) is 15.3. The first-order valence-corrected chi connectivity index (χ1v) is 9.19. The van der Waals surface area contributed by atoms with Crippen molar-refractivity contribution < 1.29 is 13.9 Å². The van der Waals surface area contributed by atoms with Gasteiger partial charge >= 0.3 is 0 Å². The molecule has 3 heteroatoms. The minimum atomic E-state index is -0.626. The van der Waals surface area contributed by atoms with E-state index in [0.29, 0.717) is 12.8 Å². The van der Waals surface area contributed by atoms with Gasteiger partial charge in [-0.15, -0.1) is 0 Å². The fourth-order valence-electron chi connectivity index (χ4n) is 4.52. The predicted molar refractivity (Wildman–Crippen MR) is 103 cm³/mol. The lowest BCUT2D eigenvalue weighted by atomic mass is 9.61. The van der Waals surface area contributed by atoms with Crippen LogP contribution in [-0.4, -0.2) is 5.11 Å². The van der Waals surface area contributed by atoms with E-state index in [4.69, 9.17) is 8.83 Å². The molecular formula is C24H20O3. The highest BCUT2D eigenvalue weighted by atomic mass is 16.3.